The molecule has 4 heteroatoms. The fourth-order valence-corrected chi connectivity index (χ4v) is 2.45. The van der Waals surface area contributed by atoms with Crippen molar-refractivity contribution in [2.45, 2.75) is 24.6 Å². The van der Waals surface area contributed by atoms with E-state index in [2.05, 4.69) is 15.9 Å². The number of hydrogen-bond donors (Lipinski definition) is 1. The number of phenolic OH excluding ortho intramolecular Hbond substituents is 1. The quantitative estimate of drug-likeness (QED) is 0.810. The van der Waals surface area contributed by atoms with Crippen LogP contribution in [0.15, 0.2) is 18.2 Å². The normalized spacial score (nSPS) is 17.2. The van der Waals surface area contributed by atoms with Gasteiger partial charge in [0.1, 0.15) is 5.75 Å². The molecule has 0 atom stereocenters. The second kappa shape index (κ2) is 5.08. The first-order valence-electron chi connectivity index (χ1n) is 5.81. The summed E-state index contributed by atoms with van der Waals surface area (Å²) in [6.07, 6.45) is 1.94. The van der Waals surface area contributed by atoms with Gasteiger partial charge in [0.15, 0.2) is 0 Å². The predicted molar refractivity (Wildman–Crippen MR) is 70.7 cm³/mol. The molecule has 0 unspecified atom stereocenters. The molecular weight excluding hydrogens is 282 g/mol. The number of carbonyl (C=O) groups is 1. The van der Waals surface area contributed by atoms with Crippen LogP contribution < -0.4 is 0 Å². The van der Waals surface area contributed by atoms with Gasteiger partial charge in [-0.15, -0.1) is 0 Å². The first-order chi connectivity index (χ1) is 8.08. The molecule has 0 radical (unpaired) electrons. The van der Waals surface area contributed by atoms with E-state index < -0.39 is 0 Å². The molecule has 0 bridgehead atoms. The van der Waals surface area contributed by atoms with Crippen LogP contribution >= 0.6 is 15.9 Å². The van der Waals surface area contributed by atoms with Crippen molar-refractivity contribution in [2.75, 3.05) is 13.1 Å². The van der Waals surface area contributed by atoms with Crippen LogP contribution in [0.1, 0.15) is 28.8 Å². The maximum absolute atomic E-state index is 12.2. The van der Waals surface area contributed by atoms with Gasteiger partial charge in [0.25, 0.3) is 5.91 Å². The summed E-state index contributed by atoms with van der Waals surface area (Å²) in [5.41, 5.74) is 1.40. The van der Waals surface area contributed by atoms with Crippen LogP contribution in [0.2, 0.25) is 0 Å². The van der Waals surface area contributed by atoms with Gasteiger partial charge in [-0.2, -0.15) is 0 Å². The molecule has 1 N–H and O–H groups in total. The molecule has 0 aliphatic carbocycles. The first-order valence-corrected chi connectivity index (χ1v) is 6.72. The summed E-state index contributed by atoms with van der Waals surface area (Å²) in [5.74, 6) is 0.00663. The zero-order valence-corrected chi connectivity index (χ0v) is 11.4. The number of piperidine rings is 1. The summed E-state index contributed by atoms with van der Waals surface area (Å²) in [6.45, 7) is 3.42. The Balaban J connectivity index is 2.16. The van der Waals surface area contributed by atoms with Crippen LogP contribution in [-0.4, -0.2) is 33.8 Å². The Bertz CT molecular complexity index is 425. The van der Waals surface area contributed by atoms with Gasteiger partial charge in [-0.1, -0.05) is 27.6 Å². The van der Waals surface area contributed by atoms with Crippen LogP contribution in [-0.2, 0) is 0 Å². The number of benzene rings is 1. The van der Waals surface area contributed by atoms with Gasteiger partial charge in [0, 0.05) is 17.9 Å². The van der Waals surface area contributed by atoms with Gasteiger partial charge in [0.2, 0.25) is 0 Å². The topological polar surface area (TPSA) is 40.5 Å². The third-order valence-electron chi connectivity index (χ3n) is 3.09. The van der Waals surface area contributed by atoms with Gasteiger partial charge in [-0.3, -0.25) is 4.79 Å². The molecule has 0 spiro atoms. The highest BCUT2D eigenvalue weighted by molar-refractivity contribution is 9.09. The summed E-state index contributed by atoms with van der Waals surface area (Å²) < 4.78 is 0. The van der Waals surface area contributed by atoms with E-state index in [0.717, 1.165) is 31.5 Å². The molecule has 1 aliphatic heterocycles. The molecule has 1 aliphatic rings. The van der Waals surface area contributed by atoms with E-state index in [1.54, 1.807) is 18.2 Å². The molecular formula is C13H16BrNO2. The Labute approximate surface area is 110 Å². The molecule has 3 nitrogen and oxygen atoms in total. The zero-order chi connectivity index (χ0) is 12.4. The lowest BCUT2D eigenvalue weighted by molar-refractivity contribution is 0.0725. The van der Waals surface area contributed by atoms with Gasteiger partial charge >= 0.3 is 0 Å². The van der Waals surface area contributed by atoms with E-state index in [0.29, 0.717) is 10.4 Å². The van der Waals surface area contributed by atoms with Crippen molar-refractivity contribution in [3.8, 4) is 5.75 Å². The fourth-order valence-electron chi connectivity index (χ4n) is 2.04. The van der Waals surface area contributed by atoms with Crippen molar-refractivity contribution < 1.29 is 9.90 Å². The molecule has 1 fully saturated rings. The third-order valence-corrected chi connectivity index (χ3v) is 4.01. The van der Waals surface area contributed by atoms with Gasteiger partial charge in [0.05, 0.1) is 5.56 Å². The highest BCUT2D eigenvalue weighted by Crippen LogP contribution is 2.23. The summed E-state index contributed by atoms with van der Waals surface area (Å²) in [4.78, 5) is 14.6. The van der Waals surface area contributed by atoms with Crippen molar-refractivity contribution in [2.24, 2.45) is 0 Å². The predicted octanol–water partition coefficient (Wildman–Crippen LogP) is 2.70. The first kappa shape index (κ1) is 12.4. The fraction of sp³-hybridized carbons (Fsp3) is 0.462. The second-order valence-corrected chi connectivity index (χ2v) is 5.78. The SMILES string of the molecule is Cc1ccc(O)c(C(=O)N2CCC(Br)CC2)c1. The lowest BCUT2D eigenvalue weighted by Crippen LogP contribution is -2.38. The number of alkyl halides is 1. The van der Waals surface area contributed by atoms with E-state index in [4.69, 9.17) is 0 Å². The molecule has 0 aromatic heterocycles. The van der Waals surface area contributed by atoms with Crippen LogP contribution in [0, 0.1) is 6.92 Å². The van der Waals surface area contributed by atoms with Crippen molar-refractivity contribution in [1.29, 1.82) is 0 Å². The highest BCUT2D eigenvalue weighted by atomic mass is 79.9. The van der Waals surface area contributed by atoms with Crippen LogP contribution in [0.3, 0.4) is 0 Å². The molecule has 92 valence electrons. The monoisotopic (exact) mass is 297 g/mol. The number of nitrogens with zero attached hydrogens (tertiary/aromatic N) is 1. The van der Waals surface area contributed by atoms with Gasteiger partial charge in [-0.05, 0) is 31.9 Å². The van der Waals surface area contributed by atoms with Crippen molar-refractivity contribution in [3.05, 3.63) is 29.3 Å². The molecule has 2 rings (SSSR count). The van der Waals surface area contributed by atoms with E-state index in [9.17, 15) is 9.90 Å². The van der Waals surface area contributed by atoms with Crippen molar-refractivity contribution in [1.82, 2.24) is 4.90 Å². The second-order valence-electron chi connectivity index (χ2n) is 4.49. The van der Waals surface area contributed by atoms with Gasteiger partial charge < -0.3 is 10.0 Å². The standard InChI is InChI=1S/C13H16BrNO2/c1-9-2-3-12(16)11(8-9)13(17)15-6-4-10(14)5-7-15/h2-3,8,10,16H,4-7H2,1H3. The van der Waals surface area contributed by atoms with E-state index >= 15 is 0 Å². The Morgan fingerprint density at radius 3 is 2.71 bits per heavy atom. The Morgan fingerprint density at radius 2 is 2.06 bits per heavy atom. The van der Waals surface area contributed by atoms with E-state index in [1.165, 1.54) is 0 Å². The average Bonchev–Trinajstić information content (AvgIpc) is 2.32. The minimum Gasteiger partial charge on any atom is -0.507 e. The number of halogens is 1. The number of aromatic hydroxyl groups is 1. The van der Waals surface area contributed by atoms with Crippen LogP contribution in [0.4, 0.5) is 0 Å². The Morgan fingerprint density at radius 1 is 1.41 bits per heavy atom. The summed E-state index contributed by atoms with van der Waals surface area (Å²) in [7, 11) is 0. The summed E-state index contributed by atoms with van der Waals surface area (Å²) >= 11 is 3.56. The lowest BCUT2D eigenvalue weighted by atomic mass is 10.1. The summed E-state index contributed by atoms with van der Waals surface area (Å²) in [6, 6.07) is 5.13. The smallest absolute Gasteiger partial charge is 0.257 e. The Kier molecular flexibility index (Phi) is 3.72. The summed E-state index contributed by atoms with van der Waals surface area (Å²) in [5, 5.41) is 9.73. The molecule has 1 amide bonds. The van der Waals surface area contributed by atoms with E-state index in [1.807, 2.05) is 11.8 Å². The molecule has 1 saturated heterocycles. The number of rotatable bonds is 1. The number of carbonyl (C=O) groups excluding carboxylic acids is 1. The molecule has 0 saturated carbocycles. The number of hydrogen-bond acceptors (Lipinski definition) is 2. The van der Waals surface area contributed by atoms with E-state index in [-0.39, 0.29) is 11.7 Å². The largest absolute Gasteiger partial charge is 0.507 e. The molecule has 1 heterocycles. The van der Waals surface area contributed by atoms with Crippen molar-refractivity contribution >= 4 is 21.8 Å². The van der Waals surface area contributed by atoms with Crippen LogP contribution in [0.5, 0.6) is 5.75 Å². The highest BCUT2D eigenvalue weighted by Gasteiger charge is 2.23. The number of phenols is 1. The third kappa shape index (κ3) is 2.80. The molecule has 1 aromatic carbocycles. The molecule has 17 heavy (non-hydrogen) atoms. The number of aryl methyl sites for hydroxylation is 1. The minimum absolute atomic E-state index is 0.0643. The minimum atomic E-state index is -0.0643. The molecule has 1 aromatic rings. The zero-order valence-electron chi connectivity index (χ0n) is 9.82. The maximum atomic E-state index is 12.2. The van der Waals surface area contributed by atoms with Crippen LogP contribution in [0.25, 0.3) is 0 Å². The number of amides is 1. The number of likely N-dealkylation sites (tertiary alicyclic amines) is 1. The average molecular weight is 298 g/mol. The maximum Gasteiger partial charge on any atom is 0.257 e. The van der Waals surface area contributed by atoms with Crippen molar-refractivity contribution in [3.63, 3.8) is 0 Å². The van der Waals surface area contributed by atoms with Gasteiger partial charge in [-0.25, -0.2) is 0 Å². The Hall–Kier alpha value is -1.03. The lowest BCUT2D eigenvalue weighted by Gasteiger charge is -2.29.